The topological polar surface area (TPSA) is 166 Å². The maximum Gasteiger partial charge on any atom is 0.344 e. The molecule has 0 fully saturated rings. The minimum atomic E-state index is -0.375. The van der Waals surface area contributed by atoms with E-state index in [1.807, 2.05) is 203 Å². The molecule has 8 heterocycles. The van der Waals surface area contributed by atoms with E-state index in [0.717, 1.165) is 152 Å². The molecule has 0 aliphatic rings. The summed E-state index contributed by atoms with van der Waals surface area (Å²) >= 11 is 0. The minimum absolute atomic E-state index is 0.261. The van der Waals surface area contributed by atoms with Gasteiger partial charge in [-0.15, -0.1) is 0 Å². The molecule has 0 saturated heterocycles. The molecule has 26 aromatic rings. The molecule has 18 aromatic carbocycles. The average Bonchev–Trinajstić information content (AvgIpc) is 1.27. The molecular weight excluding hydrogens is 1790 g/mol. The summed E-state index contributed by atoms with van der Waals surface area (Å²) in [5.74, 6) is 1.42. The van der Waals surface area contributed by atoms with Crippen molar-refractivity contribution in [2.45, 2.75) is 40.2 Å². The molecule has 8 aromatic heterocycles. The van der Waals surface area contributed by atoms with Crippen LogP contribution in [0.5, 0.6) is 11.5 Å². The van der Waals surface area contributed by atoms with E-state index in [1.165, 1.54) is 43.1 Å². The zero-order chi connectivity index (χ0) is 98.5. The highest BCUT2D eigenvalue weighted by Crippen LogP contribution is 2.42. The summed E-state index contributed by atoms with van der Waals surface area (Å²) in [6.45, 7) is 12.0. The number of rotatable bonds is 16. The van der Waals surface area contributed by atoms with E-state index >= 15 is 0 Å². The van der Waals surface area contributed by atoms with Gasteiger partial charge in [0.05, 0.1) is 73.5 Å². The Kier molecular flexibility index (Phi) is 23.7. The summed E-state index contributed by atoms with van der Waals surface area (Å²) in [7, 11) is 1.58. The molecule has 0 N–H and O–H groups in total. The van der Waals surface area contributed by atoms with Crippen molar-refractivity contribution in [2.24, 2.45) is 0 Å². The Hall–Kier alpha value is -18.8. The van der Waals surface area contributed by atoms with Gasteiger partial charge in [0.15, 0.2) is 0 Å². The Bertz CT molecular complexity index is 9450. The molecule has 16 heteroatoms. The van der Waals surface area contributed by atoms with Crippen molar-refractivity contribution in [2.75, 3.05) is 30.0 Å². The van der Waals surface area contributed by atoms with Gasteiger partial charge in [0.2, 0.25) is 0 Å². The van der Waals surface area contributed by atoms with Gasteiger partial charge in [-0.25, -0.2) is 19.2 Å². The number of ether oxygens (including phenoxy) is 2. The van der Waals surface area contributed by atoms with Crippen LogP contribution in [0.1, 0.15) is 34.6 Å². The summed E-state index contributed by atoms with van der Waals surface area (Å²) in [4.78, 5) is 56.3. The van der Waals surface area contributed by atoms with Crippen LogP contribution in [0.25, 0.3) is 198 Å². The molecule has 26 rings (SSSR count). The number of benzene rings is 18. The number of para-hydroxylation sites is 10. The molecule has 0 spiro atoms. The van der Waals surface area contributed by atoms with E-state index in [1.54, 1.807) is 13.2 Å². The molecule has 16 nitrogen and oxygen atoms in total. The van der Waals surface area contributed by atoms with Crippen molar-refractivity contribution >= 4 is 154 Å². The number of methoxy groups -OCH3 is 1. The van der Waals surface area contributed by atoms with Crippen molar-refractivity contribution in [1.29, 1.82) is 0 Å². The van der Waals surface area contributed by atoms with Crippen LogP contribution < -0.4 is 41.8 Å². The van der Waals surface area contributed by atoms with Crippen LogP contribution in [-0.2, 0) is 0 Å². The third-order valence-corrected chi connectivity index (χ3v) is 27.0. The predicted molar refractivity (Wildman–Crippen MR) is 594 cm³/mol. The molecule has 0 saturated carbocycles. The van der Waals surface area contributed by atoms with E-state index in [4.69, 9.17) is 27.1 Å². The second kappa shape index (κ2) is 38.1. The average molecular weight is 1890 g/mol. The summed E-state index contributed by atoms with van der Waals surface area (Å²) in [5.41, 5.74) is 23.3. The molecule has 0 unspecified atom stereocenters. The molecule has 0 bridgehead atoms. The molecular formula is C129H96N6O10. The SMILES string of the molecule is CCN(CC)c1ccc2cc(-c3ccc(-n4c5ccccc5c5ccccc54)cc3)c(=O)oc2c1.COc1ccc2cc(-c3ccc(OC(C)(C)C)cc3)c(=O)oc2c1.O=c1oc2cc(-n3c4ccccc4c4ccccc43)ccc2cc1-c1ccc(-n2c3ccccc3c3ccccc32)cc1.O=c1oc2cc(-n3c4ccccc4c4ccccc43)ccc2cc1-c1ccc(N(c2ccccc2)c2ccccc2)cc1. The second-order valence-electron chi connectivity index (χ2n) is 36.9. The third kappa shape index (κ3) is 17.2. The van der Waals surface area contributed by atoms with Gasteiger partial charge in [-0.3, -0.25) is 0 Å². The second-order valence-corrected chi connectivity index (χ2v) is 36.9. The Labute approximate surface area is 833 Å². The number of hydrogen-bond donors (Lipinski definition) is 0. The minimum Gasteiger partial charge on any atom is -0.497 e. The lowest BCUT2D eigenvalue weighted by atomic mass is 10.0. The molecule has 0 atom stereocenters. The summed E-state index contributed by atoms with van der Waals surface area (Å²) in [5, 5.41) is 13.2. The number of hydrogen-bond acceptors (Lipinski definition) is 12. The predicted octanol–water partition coefficient (Wildman–Crippen LogP) is 31.7. The highest BCUT2D eigenvalue weighted by molar-refractivity contribution is 6.13. The lowest BCUT2D eigenvalue weighted by Crippen LogP contribution is -2.22. The standard InChI is InChI=1S/C39H24N2O2.C39H26N2O2.C31H26N2O2.C20H20O4/c42-39-33(25-17-20-27(21-18-25)40-34-13-5-1-9-29(34)30-10-2-6-14-35(30)40)23-26-19-22-28(24-38(26)43-39)41-36-15-7-3-11-31(36)32-12-4-8-16-37(32)41;42-39-35(27-19-22-31(23-20-27)40(29-11-3-1-4-12-29)30-13-5-2-6-14-30)25-28-21-24-32(26-38(28)43-39)41-36-17-9-7-15-33(36)34-16-8-10-18-37(34)41;1-3-32(4-2)24-18-15-22-19-27(31(34)35-30(22)20-24)21-13-16-23(17-14-21)33-28-11-7-5-9-25(28)26-10-6-8-12-29(26)33;1-20(2,3)24-15-8-5-13(6-9-15)17-11-14-7-10-16(22-4)12-18(14)23-19(17)21/h1-24H;1-26H;5-20H,3-4H2,1-2H3;5-12H,1-4H3. The Morgan fingerprint density at radius 1 is 0.241 bits per heavy atom. The fourth-order valence-electron chi connectivity index (χ4n) is 20.2. The maximum absolute atomic E-state index is 13.3. The van der Waals surface area contributed by atoms with Crippen molar-refractivity contribution in [3.8, 4) is 78.8 Å². The molecule has 0 aliphatic carbocycles. The van der Waals surface area contributed by atoms with Gasteiger partial charge in [0.25, 0.3) is 0 Å². The highest BCUT2D eigenvalue weighted by Gasteiger charge is 2.23. The van der Waals surface area contributed by atoms with Crippen molar-refractivity contribution in [3.63, 3.8) is 0 Å². The third-order valence-electron chi connectivity index (χ3n) is 27.0. The Morgan fingerprint density at radius 3 is 0.793 bits per heavy atom. The Balaban J connectivity index is 0.000000109. The van der Waals surface area contributed by atoms with Crippen LogP contribution in [0.4, 0.5) is 22.7 Å². The summed E-state index contributed by atoms with van der Waals surface area (Å²) in [6, 6.07) is 151. The van der Waals surface area contributed by atoms with E-state index in [-0.39, 0.29) is 28.1 Å². The zero-order valence-electron chi connectivity index (χ0n) is 80.4. The quantitative estimate of drug-likeness (QED) is 0.0842. The smallest absolute Gasteiger partial charge is 0.344 e. The summed E-state index contributed by atoms with van der Waals surface area (Å²) < 4.78 is 43.0. The van der Waals surface area contributed by atoms with Crippen LogP contribution in [0, 0.1) is 0 Å². The highest BCUT2D eigenvalue weighted by atomic mass is 16.5. The zero-order valence-corrected chi connectivity index (χ0v) is 80.4. The molecule has 0 aliphatic heterocycles. The van der Waals surface area contributed by atoms with E-state index in [2.05, 4.69) is 303 Å². The normalized spacial score (nSPS) is 11.5. The molecule has 702 valence electrons. The fraction of sp³-hybridized carbons (Fsp3) is 0.0698. The van der Waals surface area contributed by atoms with E-state index in [9.17, 15) is 19.2 Å². The molecule has 0 amide bonds. The molecule has 0 radical (unpaired) electrons. The lowest BCUT2D eigenvalue weighted by molar-refractivity contribution is 0.131. The van der Waals surface area contributed by atoms with Gasteiger partial charge in [-0.2, -0.15) is 0 Å². The van der Waals surface area contributed by atoms with E-state index < -0.39 is 0 Å². The van der Waals surface area contributed by atoms with Crippen molar-refractivity contribution in [1.82, 2.24) is 18.3 Å². The number of anilines is 4. The van der Waals surface area contributed by atoms with Gasteiger partial charge in [-0.1, -0.05) is 231 Å². The van der Waals surface area contributed by atoms with Crippen LogP contribution in [0.15, 0.2) is 486 Å². The lowest BCUT2D eigenvalue weighted by Gasteiger charge is -2.25. The van der Waals surface area contributed by atoms with Crippen LogP contribution in [0.3, 0.4) is 0 Å². The number of fused-ring (bicyclic) bond motifs is 16. The van der Waals surface area contributed by atoms with E-state index in [0.29, 0.717) is 50.3 Å². The van der Waals surface area contributed by atoms with Gasteiger partial charge >= 0.3 is 22.5 Å². The summed E-state index contributed by atoms with van der Waals surface area (Å²) in [6.07, 6.45) is 0. The number of aromatic nitrogens is 4. The van der Waals surface area contributed by atoms with Gasteiger partial charge in [-0.05, 0) is 251 Å². The number of nitrogens with zero attached hydrogens (tertiary/aromatic N) is 6. The van der Waals surface area contributed by atoms with Crippen molar-refractivity contribution in [3.05, 3.63) is 491 Å². The first-order valence-corrected chi connectivity index (χ1v) is 48.6. The monoisotopic (exact) mass is 1890 g/mol. The van der Waals surface area contributed by atoms with Gasteiger partial charge in [0, 0.05) is 147 Å². The van der Waals surface area contributed by atoms with Crippen LogP contribution in [0.2, 0.25) is 0 Å². The van der Waals surface area contributed by atoms with Gasteiger partial charge in [0.1, 0.15) is 39.4 Å². The van der Waals surface area contributed by atoms with Crippen molar-refractivity contribution < 1.29 is 27.1 Å². The first-order chi connectivity index (χ1) is 71.0. The molecule has 145 heavy (non-hydrogen) atoms. The van der Waals surface area contributed by atoms with Crippen LogP contribution in [-0.4, -0.2) is 44.1 Å². The largest absolute Gasteiger partial charge is 0.497 e. The maximum atomic E-state index is 13.3. The fourth-order valence-corrected chi connectivity index (χ4v) is 20.2. The van der Waals surface area contributed by atoms with Gasteiger partial charge < -0.3 is 55.2 Å². The first-order valence-electron chi connectivity index (χ1n) is 48.6. The van der Waals surface area contributed by atoms with Crippen LogP contribution >= 0.6 is 0 Å². The Morgan fingerprint density at radius 2 is 0.483 bits per heavy atom. The first kappa shape index (κ1) is 90.1.